The summed E-state index contributed by atoms with van der Waals surface area (Å²) in [6.07, 6.45) is 4.31. The first kappa shape index (κ1) is 35.5. The number of nitrogens with two attached hydrogens (primary N) is 1. The van der Waals surface area contributed by atoms with Gasteiger partial charge in [0.05, 0.1) is 6.04 Å². The third kappa shape index (κ3) is 11.9. The summed E-state index contributed by atoms with van der Waals surface area (Å²) in [5, 5.41) is 13.8. The number of hydrogen-bond donors (Lipinski definition) is 4. The van der Waals surface area contributed by atoms with Gasteiger partial charge in [0, 0.05) is 36.2 Å². The van der Waals surface area contributed by atoms with Crippen molar-refractivity contribution in [2.75, 3.05) is 25.5 Å². The first-order valence-electron chi connectivity index (χ1n) is 14.2. The van der Waals surface area contributed by atoms with Crippen molar-refractivity contribution in [3.8, 4) is 5.75 Å². The molecule has 0 aromatic heterocycles. The third-order valence-electron chi connectivity index (χ3n) is 6.09. The van der Waals surface area contributed by atoms with E-state index < -0.39 is 18.1 Å². The summed E-state index contributed by atoms with van der Waals surface area (Å²) in [6, 6.07) is 22.5. The number of carbonyl (C=O) groups excluding carboxylic acids is 3. The number of anilines is 2. The Balaban J connectivity index is 0.000000682. The van der Waals surface area contributed by atoms with Crippen molar-refractivity contribution < 1.29 is 19.1 Å². The van der Waals surface area contributed by atoms with Crippen molar-refractivity contribution in [3.05, 3.63) is 89.5 Å². The van der Waals surface area contributed by atoms with Crippen LogP contribution in [0.2, 0.25) is 0 Å². The SMILES string of the molecule is CC.CN.Cc1cccc(Nc2ccc(O[C@H](c3ccccc3)C(C)NC(=O)C=O)cc2C=N)c1.O=CN1CCCC1. The van der Waals surface area contributed by atoms with Crippen molar-refractivity contribution in [1.29, 1.82) is 5.41 Å². The molecule has 0 aliphatic carbocycles. The first-order valence-corrected chi connectivity index (χ1v) is 14.2. The second-order valence-electron chi connectivity index (χ2n) is 9.10. The van der Waals surface area contributed by atoms with E-state index in [-0.39, 0.29) is 6.29 Å². The highest BCUT2D eigenvalue weighted by Crippen LogP contribution is 2.29. The minimum absolute atomic E-state index is 0.247. The molecular formula is C33H45N5O4. The van der Waals surface area contributed by atoms with E-state index in [4.69, 9.17) is 10.1 Å². The summed E-state index contributed by atoms with van der Waals surface area (Å²) in [5.41, 5.74) is 8.88. The van der Waals surface area contributed by atoms with Crippen LogP contribution in [-0.4, -0.2) is 55.9 Å². The molecule has 3 aromatic rings. The molecule has 0 radical (unpaired) electrons. The number of amides is 2. The van der Waals surface area contributed by atoms with Crippen LogP contribution < -0.4 is 21.1 Å². The Labute approximate surface area is 250 Å². The lowest BCUT2D eigenvalue weighted by Crippen LogP contribution is -2.39. The Bertz CT molecular complexity index is 1230. The third-order valence-corrected chi connectivity index (χ3v) is 6.09. The van der Waals surface area contributed by atoms with Crippen LogP contribution in [0.5, 0.6) is 5.75 Å². The summed E-state index contributed by atoms with van der Waals surface area (Å²) >= 11 is 0. The fourth-order valence-electron chi connectivity index (χ4n) is 4.15. The Morgan fingerprint density at radius 2 is 1.64 bits per heavy atom. The summed E-state index contributed by atoms with van der Waals surface area (Å²) in [6.45, 7) is 9.76. The molecule has 1 fully saturated rings. The molecule has 1 aliphatic heterocycles. The topological polar surface area (TPSA) is 138 Å². The number of aldehydes is 1. The largest absolute Gasteiger partial charge is 0.484 e. The summed E-state index contributed by atoms with van der Waals surface area (Å²) in [7, 11) is 1.50. The molecule has 1 unspecified atom stereocenters. The number of benzene rings is 3. The highest BCUT2D eigenvalue weighted by molar-refractivity contribution is 6.23. The van der Waals surface area contributed by atoms with Crippen LogP contribution >= 0.6 is 0 Å². The van der Waals surface area contributed by atoms with Gasteiger partial charge in [-0.25, -0.2) is 0 Å². The standard InChI is InChI=1S/C25H25N3O3.C5H9NO.C2H6.CH5N/c1-17-7-6-10-21(13-17)28-23-12-11-22(14-20(23)15-26)31-25(18(2)27-24(30)16-29)19-8-4-3-5-9-19;7-5-6-3-1-2-4-6;2*1-2/h3-16,18,25-26,28H,1-2H3,(H,27,30);5H,1-4H2;1-2H3;2H2,1H3/t18?,25-;;;/m0.../s1. The van der Waals surface area contributed by atoms with Gasteiger partial charge in [0.25, 0.3) is 5.91 Å². The van der Waals surface area contributed by atoms with Gasteiger partial charge in [0.2, 0.25) is 12.7 Å². The first-order chi connectivity index (χ1) is 20.4. The van der Waals surface area contributed by atoms with E-state index in [9.17, 15) is 14.4 Å². The average molecular weight is 576 g/mol. The second kappa shape index (κ2) is 20.4. The van der Waals surface area contributed by atoms with E-state index in [0.717, 1.165) is 42.0 Å². The Morgan fingerprint density at radius 3 is 2.19 bits per heavy atom. The lowest BCUT2D eigenvalue weighted by atomic mass is 10.0. The minimum atomic E-state index is -0.699. The highest BCUT2D eigenvalue weighted by Gasteiger charge is 2.23. The smallest absolute Gasteiger partial charge is 0.284 e. The van der Waals surface area contributed by atoms with Gasteiger partial charge in [-0.2, -0.15) is 0 Å². The van der Waals surface area contributed by atoms with Gasteiger partial charge in [-0.1, -0.05) is 56.3 Å². The lowest BCUT2D eigenvalue weighted by molar-refractivity contribution is -0.132. The molecule has 5 N–H and O–H groups in total. The van der Waals surface area contributed by atoms with Gasteiger partial charge in [-0.15, -0.1) is 0 Å². The molecule has 42 heavy (non-hydrogen) atoms. The van der Waals surface area contributed by atoms with Gasteiger partial charge in [-0.3, -0.25) is 14.4 Å². The van der Waals surface area contributed by atoms with E-state index in [1.807, 2.05) is 87.5 Å². The molecule has 3 aromatic carbocycles. The van der Waals surface area contributed by atoms with Crippen LogP contribution in [0.25, 0.3) is 0 Å². The minimum Gasteiger partial charge on any atom is -0.484 e. The number of aryl methyl sites for hydroxylation is 1. The van der Waals surface area contributed by atoms with Crippen LogP contribution in [0.15, 0.2) is 72.8 Å². The van der Waals surface area contributed by atoms with Crippen molar-refractivity contribution in [2.45, 2.75) is 52.7 Å². The van der Waals surface area contributed by atoms with E-state index in [2.05, 4.69) is 16.4 Å². The predicted octanol–water partition coefficient (Wildman–Crippen LogP) is 5.40. The zero-order chi connectivity index (χ0) is 31.3. The highest BCUT2D eigenvalue weighted by atomic mass is 16.5. The number of nitrogens with one attached hydrogen (secondary N) is 3. The molecule has 4 rings (SSSR count). The van der Waals surface area contributed by atoms with Crippen LogP contribution in [-0.2, 0) is 14.4 Å². The Kier molecular flexibility index (Phi) is 17.2. The maximum absolute atomic E-state index is 11.6. The monoisotopic (exact) mass is 575 g/mol. The van der Waals surface area contributed by atoms with Crippen LogP contribution in [0.4, 0.5) is 11.4 Å². The maximum atomic E-state index is 11.6. The molecule has 0 saturated carbocycles. The molecule has 226 valence electrons. The van der Waals surface area contributed by atoms with E-state index in [1.165, 1.54) is 26.1 Å². The Morgan fingerprint density at radius 1 is 0.976 bits per heavy atom. The van der Waals surface area contributed by atoms with Crippen molar-refractivity contribution in [1.82, 2.24) is 10.2 Å². The van der Waals surface area contributed by atoms with Crippen LogP contribution in [0, 0.1) is 12.3 Å². The molecule has 2 amide bonds. The van der Waals surface area contributed by atoms with Gasteiger partial charge >= 0.3 is 0 Å². The fourth-order valence-corrected chi connectivity index (χ4v) is 4.15. The number of carbonyl (C=O) groups is 3. The van der Waals surface area contributed by atoms with Crippen molar-refractivity contribution >= 4 is 36.2 Å². The van der Waals surface area contributed by atoms with E-state index in [0.29, 0.717) is 11.3 Å². The molecule has 0 bridgehead atoms. The number of likely N-dealkylation sites (tertiary alicyclic amines) is 1. The number of rotatable bonds is 10. The van der Waals surface area contributed by atoms with Crippen molar-refractivity contribution in [2.24, 2.45) is 5.73 Å². The molecular weight excluding hydrogens is 530 g/mol. The Hall–Kier alpha value is -4.50. The van der Waals surface area contributed by atoms with Gasteiger partial charge in [0.15, 0.2) is 0 Å². The number of hydrogen-bond acceptors (Lipinski definition) is 7. The predicted molar refractivity (Wildman–Crippen MR) is 171 cm³/mol. The maximum Gasteiger partial charge on any atom is 0.284 e. The van der Waals surface area contributed by atoms with Crippen LogP contribution in [0.3, 0.4) is 0 Å². The second-order valence-corrected chi connectivity index (χ2v) is 9.10. The normalized spacial score (nSPS) is 12.8. The van der Waals surface area contributed by atoms with E-state index >= 15 is 0 Å². The quantitative estimate of drug-likeness (QED) is 0.145. The zero-order valence-electron chi connectivity index (χ0n) is 25.3. The molecule has 0 spiro atoms. The molecule has 1 aliphatic rings. The molecule has 2 atom stereocenters. The fraction of sp³-hybridized carbons (Fsp3) is 0.333. The molecule has 1 heterocycles. The number of nitrogens with zero attached hydrogens (tertiary/aromatic N) is 1. The van der Waals surface area contributed by atoms with E-state index in [1.54, 1.807) is 17.9 Å². The molecule has 9 heteroatoms. The summed E-state index contributed by atoms with van der Waals surface area (Å²) in [4.78, 5) is 34.1. The zero-order valence-corrected chi connectivity index (χ0v) is 25.3. The average Bonchev–Trinajstić information content (AvgIpc) is 3.57. The van der Waals surface area contributed by atoms with Crippen LogP contribution in [0.1, 0.15) is 56.4 Å². The van der Waals surface area contributed by atoms with Gasteiger partial charge < -0.3 is 31.4 Å². The summed E-state index contributed by atoms with van der Waals surface area (Å²) in [5.74, 6) is -0.149. The van der Waals surface area contributed by atoms with Gasteiger partial charge in [0.1, 0.15) is 11.9 Å². The molecule has 1 saturated heterocycles. The van der Waals surface area contributed by atoms with Crippen molar-refractivity contribution in [3.63, 3.8) is 0 Å². The number of ether oxygens (including phenoxy) is 1. The van der Waals surface area contributed by atoms with Gasteiger partial charge in [-0.05, 0) is 75.2 Å². The lowest BCUT2D eigenvalue weighted by Gasteiger charge is -2.26. The molecule has 9 nitrogen and oxygen atoms in total. The summed E-state index contributed by atoms with van der Waals surface area (Å²) < 4.78 is 6.21.